The third-order valence-corrected chi connectivity index (χ3v) is 4.15. The number of carbonyl (C=O) groups excluding carboxylic acids is 1. The first-order chi connectivity index (χ1) is 11.1. The average Bonchev–Trinajstić information content (AvgIpc) is 2.60. The SMILES string of the molecule is C=C(c1ccccc1C(C)=NC)N1CCN(C(=O)OCC)CC1. The molecule has 1 aliphatic heterocycles. The molecule has 0 spiro atoms. The van der Waals surface area contributed by atoms with Crippen molar-refractivity contribution >= 4 is 17.5 Å². The van der Waals surface area contributed by atoms with Gasteiger partial charge in [0.05, 0.1) is 6.61 Å². The van der Waals surface area contributed by atoms with Crippen LogP contribution in [0.15, 0.2) is 35.8 Å². The highest BCUT2D eigenvalue weighted by Crippen LogP contribution is 2.23. The lowest BCUT2D eigenvalue weighted by atomic mass is 10.0. The minimum Gasteiger partial charge on any atom is -0.450 e. The largest absolute Gasteiger partial charge is 0.450 e. The number of aliphatic imine (C=N–C) groups is 1. The summed E-state index contributed by atoms with van der Waals surface area (Å²) in [6.45, 7) is 11.3. The first-order valence-electron chi connectivity index (χ1n) is 7.97. The Morgan fingerprint density at radius 1 is 1.17 bits per heavy atom. The number of carbonyl (C=O) groups is 1. The molecule has 0 radical (unpaired) electrons. The number of benzene rings is 1. The maximum Gasteiger partial charge on any atom is 0.409 e. The summed E-state index contributed by atoms with van der Waals surface area (Å²) in [7, 11) is 1.80. The van der Waals surface area contributed by atoms with Crippen LogP contribution in [-0.2, 0) is 4.74 Å². The van der Waals surface area contributed by atoms with Gasteiger partial charge in [-0.15, -0.1) is 0 Å². The van der Waals surface area contributed by atoms with E-state index in [9.17, 15) is 4.79 Å². The Bertz CT molecular complexity index is 602. The number of hydrogen-bond donors (Lipinski definition) is 0. The van der Waals surface area contributed by atoms with Crippen molar-refractivity contribution in [2.75, 3.05) is 39.8 Å². The summed E-state index contributed by atoms with van der Waals surface area (Å²) in [6.07, 6.45) is -0.230. The maximum absolute atomic E-state index is 11.8. The van der Waals surface area contributed by atoms with Gasteiger partial charge in [-0.2, -0.15) is 0 Å². The van der Waals surface area contributed by atoms with E-state index in [-0.39, 0.29) is 6.09 Å². The molecule has 0 N–H and O–H groups in total. The van der Waals surface area contributed by atoms with E-state index in [2.05, 4.69) is 28.6 Å². The second-order valence-electron chi connectivity index (χ2n) is 5.47. The van der Waals surface area contributed by atoms with Gasteiger partial charge in [-0.25, -0.2) is 4.79 Å². The van der Waals surface area contributed by atoms with E-state index in [4.69, 9.17) is 4.74 Å². The molecule has 1 saturated heterocycles. The van der Waals surface area contributed by atoms with Crippen molar-refractivity contribution in [3.63, 3.8) is 0 Å². The number of piperazine rings is 1. The highest BCUT2D eigenvalue weighted by atomic mass is 16.6. The zero-order valence-electron chi connectivity index (χ0n) is 14.2. The number of ether oxygens (including phenoxy) is 1. The zero-order chi connectivity index (χ0) is 16.8. The molecule has 1 aliphatic rings. The molecule has 1 aromatic carbocycles. The monoisotopic (exact) mass is 315 g/mol. The smallest absolute Gasteiger partial charge is 0.409 e. The maximum atomic E-state index is 11.8. The number of nitrogens with zero attached hydrogens (tertiary/aromatic N) is 3. The summed E-state index contributed by atoms with van der Waals surface area (Å²) in [6, 6.07) is 8.17. The van der Waals surface area contributed by atoms with Crippen LogP contribution in [0.2, 0.25) is 0 Å². The number of hydrogen-bond acceptors (Lipinski definition) is 4. The normalized spacial score (nSPS) is 15.5. The molecular weight excluding hydrogens is 290 g/mol. The third-order valence-electron chi connectivity index (χ3n) is 4.15. The standard InChI is InChI=1S/C18H25N3O2/c1-5-23-18(22)21-12-10-20(11-13-21)15(3)17-9-7-6-8-16(17)14(2)19-4/h6-9H,3,5,10-13H2,1-2,4H3. The van der Waals surface area contributed by atoms with Crippen LogP contribution >= 0.6 is 0 Å². The predicted molar refractivity (Wildman–Crippen MR) is 93.8 cm³/mol. The Labute approximate surface area is 138 Å². The van der Waals surface area contributed by atoms with E-state index in [1.165, 1.54) is 0 Å². The van der Waals surface area contributed by atoms with E-state index < -0.39 is 0 Å². The molecule has 0 aromatic heterocycles. The van der Waals surface area contributed by atoms with Crippen molar-refractivity contribution in [1.82, 2.24) is 9.80 Å². The first kappa shape index (κ1) is 17.1. The zero-order valence-corrected chi connectivity index (χ0v) is 14.2. The van der Waals surface area contributed by atoms with Gasteiger partial charge >= 0.3 is 6.09 Å². The van der Waals surface area contributed by atoms with Crippen molar-refractivity contribution in [1.29, 1.82) is 0 Å². The van der Waals surface area contributed by atoms with Gasteiger partial charge in [-0.1, -0.05) is 30.8 Å². The van der Waals surface area contributed by atoms with Crippen LogP contribution in [0.3, 0.4) is 0 Å². The summed E-state index contributed by atoms with van der Waals surface area (Å²) in [4.78, 5) is 20.0. The van der Waals surface area contributed by atoms with Crippen LogP contribution in [0.5, 0.6) is 0 Å². The Morgan fingerprint density at radius 3 is 2.30 bits per heavy atom. The van der Waals surface area contributed by atoms with Crippen molar-refractivity contribution in [3.8, 4) is 0 Å². The lowest BCUT2D eigenvalue weighted by molar-refractivity contribution is 0.0907. The van der Waals surface area contributed by atoms with Crippen molar-refractivity contribution in [2.45, 2.75) is 13.8 Å². The van der Waals surface area contributed by atoms with Gasteiger partial charge in [0, 0.05) is 55.8 Å². The van der Waals surface area contributed by atoms with Crippen molar-refractivity contribution < 1.29 is 9.53 Å². The molecule has 0 atom stereocenters. The van der Waals surface area contributed by atoms with Crippen LogP contribution in [0.25, 0.3) is 5.70 Å². The second kappa shape index (κ2) is 7.81. The minimum absolute atomic E-state index is 0.230. The van der Waals surface area contributed by atoms with Crippen LogP contribution < -0.4 is 0 Å². The summed E-state index contributed by atoms with van der Waals surface area (Å²) >= 11 is 0. The first-order valence-corrected chi connectivity index (χ1v) is 7.97. The number of amides is 1. The molecule has 0 saturated carbocycles. The summed E-state index contributed by atoms with van der Waals surface area (Å²) in [5.74, 6) is 0. The molecule has 23 heavy (non-hydrogen) atoms. The number of rotatable bonds is 4. The van der Waals surface area contributed by atoms with Gasteiger partial charge in [0.1, 0.15) is 0 Å². The fourth-order valence-electron chi connectivity index (χ4n) is 2.71. The van der Waals surface area contributed by atoms with E-state index in [0.29, 0.717) is 19.7 Å². The van der Waals surface area contributed by atoms with Crippen LogP contribution in [0.1, 0.15) is 25.0 Å². The third kappa shape index (κ3) is 3.92. The molecule has 124 valence electrons. The molecule has 1 aromatic rings. The molecule has 0 unspecified atom stereocenters. The van der Waals surface area contributed by atoms with E-state index >= 15 is 0 Å². The van der Waals surface area contributed by atoms with Gasteiger partial charge in [-0.3, -0.25) is 4.99 Å². The highest BCUT2D eigenvalue weighted by molar-refractivity contribution is 6.02. The summed E-state index contributed by atoms with van der Waals surface area (Å²) in [5.41, 5.74) is 4.17. The fourth-order valence-corrected chi connectivity index (χ4v) is 2.71. The summed E-state index contributed by atoms with van der Waals surface area (Å²) < 4.78 is 5.06. The molecule has 0 aliphatic carbocycles. The topological polar surface area (TPSA) is 45.1 Å². The van der Waals surface area contributed by atoms with Gasteiger partial charge in [0.2, 0.25) is 0 Å². The Hall–Kier alpha value is -2.30. The molecule has 1 amide bonds. The van der Waals surface area contributed by atoms with Crippen molar-refractivity contribution in [2.24, 2.45) is 4.99 Å². The lowest BCUT2D eigenvalue weighted by Gasteiger charge is -2.36. The van der Waals surface area contributed by atoms with Crippen molar-refractivity contribution in [3.05, 3.63) is 42.0 Å². The Kier molecular flexibility index (Phi) is 5.79. The van der Waals surface area contributed by atoms with E-state index in [1.807, 2.05) is 26.0 Å². The van der Waals surface area contributed by atoms with E-state index in [1.54, 1.807) is 11.9 Å². The van der Waals surface area contributed by atoms with Crippen LogP contribution in [0, 0.1) is 0 Å². The average molecular weight is 315 g/mol. The molecule has 1 fully saturated rings. The molecule has 1 heterocycles. The summed E-state index contributed by atoms with van der Waals surface area (Å²) in [5, 5.41) is 0. The fraction of sp³-hybridized carbons (Fsp3) is 0.444. The van der Waals surface area contributed by atoms with Gasteiger partial charge in [0.15, 0.2) is 0 Å². The lowest BCUT2D eigenvalue weighted by Crippen LogP contribution is -2.48. The Balaban J connectivity index is 2.08. The molecular formula is C18H25N3O2. The predicted octanol–water partition coefficient (Wildman–Crippen LogP) is 2.87. The van der Waals surface area contributed by atoms with Gasteiger partial charge < -0.3 is 14.5 Å². The molecule has 5 nitrogen and oxygen atoms in total. The molecule has 5 heteroatoms. The quantitative estimate of drug-likeness (QED) is 0.803. The molecule has 0 bridgehead atoms. The molecule has 2 rings (SSSR count). The van der Waals surface area contributed by atoms with E-state index in [0.717, 1.165) is 35.6 Å². The second-order valence-corrected chi connectivity index (χ2v) is 5.47. The minimum atomic E-state index is -0.230. The van der Waals surface area contributed by atoms with Gasteiger partial charge in [0.25, 0.3) is 0 Å². The highest BCUT2D eigenvalue weighted by Gasteiger charge is 2.23. The van der Waals surface area contributed by atoms with Crippen LogP contribution in [0.4, 0.5) is 4.79 Å². The Morgan fingerprint density at radius 2 is 1.74 bits per heavy atom. The van der Waals surface area contributed by atoms with Gasteiger partial charge in [-0.05, 0) is 13.8 Å². The van der Waals surface area contributed by atoms with Crippen LogP contribution in [-0.4, -0.2) is 61.4 Å².